The third-order valence-corrected chi connectivity index (χ3v) is 4.84. The lowest BCUT2D eigenvalue weighted by Crippen LogP contribution is -2.30. The summed E-state index contributed by atoms with van der Waals surface area (Å²) in [5, 5.41) is 3.84. The third-order valence-electron chi connectivity index (χ3n) is 4.84. The Kier molecular flexibility index (Phi) is 5.16. The van der Waals surface area contributed by atoms with Crippen LogP contribution in [0.5, 0.6) is 0 Å². The van der Waals surface area contributed by atoms with Crippen molar-refractivity contribution >= 4 is 22.6 Å². The zero-order valence-corrected chi connectivity index (χ0v) is 16.0. The highest BCUT2D eigenvalue weighted by Gasteiger charge is 2.18. The van der Waals surface area contributed by atoms with Crippen LogP contribution in [0.25, 0.3) is 10.9 Å². The van der Waals surface area contributed by atoms with Crippen LogP contribution in [0.1, 0.15) is 33.2 Å². The van der Waals surface area contributed by atoms with Crippen molar-refractivity contribution in [2.75, 3.05) is 5.73 Å². The Balaban J connectivity index is 1.61. The number of nitrogen functional groups attached to an aromatic ring is 1. The predicted molar refractivity (Wildman–Crippen MR) is 113 cm³/mol. The van der Waals surface area contributed by atoms with E-state index in [-0.39, 0.29) is 11.9 Å². The largest absolute Gasteiger partial charge is 0.383 e. The number of aryl methyl sites for hydroxylation is 1. The van der Waals surface area contributed by atoms with Crippen LogP contribution in [-0.2, 0) is 6.42 Å². The molecule has 0 spiro atoms. The van der Waals surface area contributed by atoms with E-state index < -0.39 is 0 Å². The van der Waals surface area contributed by atoms with Crippen LogP contribution in [0, 0.1) is 6.92 Å². The lowest BCUT2D eigenvalue weighted by molar-refractivity contribution is 0.0935. The molecule has 2 heterocycles. The molecule has 29 heavy (non-hydrogen) atoms. The summed E-state index contributed by atoms with van der Waals surface area (Å²) in [6, 6.07) is 19.0. The van der Waals surface area contributed by atoms with E-state index in [1.165, 1.54) is 11.9 Å². The van der Waals surface area contributed by atoms with Gasteiger partial charge in [-0.25, -0.2) is 9.97 Å². The fourth-order valence-electron chi connectivity index (χ4n) is 3.23. The fourth-order valence-corrected chi connectivity index (χ4v) is 3.23. The number of hydrogen-bond acceptors (Lipinski definition) is 5. The van der Waals surface area contributed by atoms with Gasteiger partial charge in [0.15, 0.2) is 0 Å². The summed E-state index contributed by atoms with van der Waals surface area (Å²) in [5.74, 6) is 0.208. The summed E-state index contributed by atoms with van der Waals surface area (Å²) in [4.78, 5) is 25.6. The third kappa shape index (κ3) is 4.21. The summed E-state index contributed by atoms with van der Waals surface area (Å²) in [5.41, 5.74) is 10.2. The van der Waals surface area contributed by atoms with Gasteiger partial charge in [0.05, 0.1) is 17.3 Å². The zero-order chi connectivity index (χ0) is 20.2. The molecule has 0 fully saturated rings. The first-order chi connectivity index (χ1) is 14.1. The first-order valence-corrected chi connectivity index (χ1v) is 9.38. The molecular weight excluding hydrogens is 362 g/mol. The summed E-state index contributed by atoms with van der Waals surface area (Å²) in [7, 11) is 0. The second kappa shape index (κ2) is 8.06. The molecule has 0 bridgehead atoms. The van der Waals surface area contributed by atoms with Crippen LogP contribution in [0.15, 0.2) is 73.2 Å². The Morgan fingerprint density at radius 2 is 1.86 bits per heavy atom. The highest BCUT2D eigenvalue weighted by Crippen LogP contribution is 2.20. The van der Waals surface area contributed by atoms with Crippen molar-refractivity contribution in [3.8, 4) is 0 Å². The van der Waals surface area contributed by atoms with Crippen LogP contribution in [0.2, 0.25) is 0 Å². The molecule has 2 aromatic carbocycles. The standard InChI is InChI=1S/C23H21N5O/c1-15-5-7-16(8-6-15)12-21(19-4-2-3-11-25-19)28-23(29)17-9-10-18-20(13-17)26-14-27-22(18)24/h2-11,13-14,21H,12H2,1H3,(H,28,29)(H2,24,26,27). The monoisotopic (exact) mass is 383 g/mol. The maximum Gasteiger partial charge on any atom is 0.251 e. The molecule has 0 aliphatic heterocycles. The van der Waals surface area contributed by atoms with Gasteiger partial charge in [-0.05, 0) is 49.2 Å². The van der Waals surface area contributed by atoms with Gasteiger partial charge < -0.3 is 11.1 Å². The van der Waals surface area contributed by atoms with Crippen molar-refractivity contribution in [3.63, 3.8) is 0 Å². The SMILES string of the molecule is Cc1ccc(CC(NC(=O)c2ccc3c(N)ncnc3c2)c2ccccn2)cc1. The van der Waals surface area contributed by atoms with Gasteiger partial charge in [-0.15, -0.1) is 0 Å². The maximum atomic E-state index is 13.0. The average Bonchev–Trinajstić information content (AvgIpc) is 2.75. The number of carbonyl (C=O) groups excluding carboxylic acids is 1. The zero-order valence-electron chi connectivity index (χ0n) is 16.0. The first-order valence-electron chi connectivity index (χ1n) is 9.38. The summed E-state index contributed by atoms with van der Waals surface area (Å²) < 4.78 is 0. The molecule has 0 aliphatic rings. The first kappa shape index (κ1) is 18.6. The van der Waals surface area contributed by atoms with E-state index in [2.05, 4.69) is 51.5 Å². The summed E-state index contributed by atoms with van der Waals surface area (Å²) >= 11 is 0. The van der Waals surface area contributed by atoms with Gasteiger partial charge in [0.1, 0.15) is 12.1 Å². The van der Waals surface area contributed by atoms with Gasteiger partial charge in [-0.1, -0.05) is 35.9 Å². The number of benzene rings is 2. The number of fused-ring (bicyclic) bond motifs is 1. The Hall–Kier alpha value is -3.80. The number of nitrogens with one attached hydrogen (secondary N) is 1. The van der Waals surface area contributed by atoms with Crippen molar-refractivity contribution in [1.29, 1.82) is 0 Å². The molecule has 0 radical (unpaired) electrons. The van der Waals surface area contributed by atoms with Crippen molar-refractivity contribution in [2.24, 2.45) is 0 Å². The normalized spacial score (nSPS) is 11.9. The topological polar surface area (TPSA) is 93.8 Å². The smallest absolute Gasteiger partial charge is 0.251 e. The summed E-state index contributed by atoms with van der Waals surface area (Å²) in [6.07, 6.45) is 3.78. The molecule has 0 saturated heterocycles. The minimum atomic E-state index is -0.252. The van der Waals surface area contributed by atoms with E-state index in [1.54, 1.807) is 24.4 Å². The minimum absolute atomic E-state index is 0.188. The molecule has 2 aromatic heterocycles. The minimum Gasteiger partial charge on any atom is -0.383 e. The molecule has 144 valence electrons. The Bertz CT molecular complexity index is 1140. The molecule has 0 saturated carbocycles. The van der Waals surface area contributed by atoms with Gasteiger partial charge >= 0.3 is 0 Å². The van der Waals surface area contributed by atoms with Gasteiger partial charge in [-0.2, -0.15) is 0 Å². The van der Waals surface area contributed by atoms with Crippen LogP contribution < -0.4 is 11.1 Å². The highest BCUT2D eigenvalue weighted by atomic mass is 16.1. The molecule has 4 rings (SSSR count). The Morgan fingerprint density at radius 1 is 1.03 bits per heavy atom. The number of aromatic nitrogens is 3. The van der Waals surface area contributed by atoms with Crippen LogP contribution in [0.4, 0.5) is 5.82 Å². The number of nitrogens with two attached hydrogens (primary N) is 1. The lowest BCUT2D eigenvalue weighted by Gasteiger charge is -2.19. The number of anilines is 1. The van der Waals surface area contributed by atoms with Crippen molar-refractivity contribution in [2.45, 2.75) is 19.4 Å². The maximum absolute atomic E-state index is 13.0. The molecule has 3 N–H and O–H groups in total. The van der Waals surface area contributed by atoms with E-state index in [0.29, 0.717) is 23.3 Å². The number of amides is 1. The molecule has 4 aromatic rings. The van der Waals surface area contributed by atoms with E-state index in [9.17, 15) is 4.79 Å². The molecule has 1 amide bonds. The molecule has 0 aliphatic carbocycles. The predicted octanol–water partition coefficient (Wildman–Crippen LogP) is 3.63. The highest BCUT2D eigenvalue weighted by molar-refractivity contribution is 5.99. The van der Waals surface area contributed by atoms with E-state index in [0.717, 1.165) is 16.6 Å². The molecule has 6 nitrogen and oxygen atoms in total. The van der Waals surface area contributed by atoms with Crippen LogP contribution in [-0.4, -0.2) is 20.9 Å². The van der Waals surface area contributed by atoms with Crippen LogP contribution in [0.3, 0.4) is 0 Å². The van der Waals surface area contributed by atoms with Crippen molar-refractivity contribution in [3.05, 3.63) is 95.6 Å². The van der Waals surface area contributed by atoms with Gasteiger partial charge in [-0.3, -0.25) is 9.78 Å². The molecule has 1 atom stereocenters. The van der Waals surface area contributed by atoms with E-state index in [1.807, 2.05) is 18.2 Å². The van der Waals surface area contributed by atoms with Crippen molar-refractivity contribution < 1.29 is 4.79 Å². The number of pyridine rings is 1. The van der Waals surface area contributed by atoms with Crippen molar-refractivity contribution in [1.82, 2.24) is 20.3 Å². The quantitative estimate of drug-likeness (QED) is 0.549. The van der Waals surface area contributed by atoms with Gasteiger partial charge in [0.2, 0.25) is 0 Å². The van der Waals surface area contributed by atoms with Crippen LogP contribution >= 0.6 is 0 Å². The average molecular weight is 383 g/mol. The fraction of sp³-hybridized carbons (Fsp3) is 0.130. The Morgan fingerprint density at radius 3 is 2.62 bits per heavy atom. The molecule has 1 unspecified atom stereocenters. The number of hydrogen-bond donors (Lipinski definition) is 2. The second-order valence-corrected chi connectivity index (χ2v) is 6.96. The lowest BCUT2D eigenvalue weighted by atomic mass is 10.0. The van der Waals surface area contributed by atoms with E-state index >= 15 is 0 Å². The number of carbonyl (C=O) groups is 1. The number of nitrogens with zero attached hydrogens (tertiary/aromatic N) is 3. The van der Waals surface area contributed by atoms with Gasteiger partial charge in [0.25, 0.3) is 5.91 Å². The number of rotatable bonds is 5. The Labute approximate surface area is 168 Å². The molecule has 6 heteroatoms. The second-order valence-electron chi connectivity index (χ2n) is 6.96. The van der Waals surface area contributed by atoms with E-state index in [4.69, 9.17) is 5.73 Å². The molecular formula is C23H21N5O. The van der Waals surface area contributed by atoms with Gasteiger partial charge in [0, 0.05) is 17.1 Å². The summed E-state index contributed by atoms with van der Waals surface area (Å²) in [6.45, 7) is 2.05.